The van der Waals surface area contributed by atoms with E-state index in [1.807, 2.05) is 0 Å². The van der Waals surface area contributed by atoms with E-state index in [9.17, 15) is 19.8 Å². The Bertz CT molecular complexity index is 561. The Balaban J connectivity index is 2.03. The normalized spacial score (nSPS) is 29.3. The number of hydrogen-bond acceptors (Lipinski definition) is 8. The summed E-state index contributed by atoms with van der Waals surface area (Å²) in [5, 5.41) is 23.6. The summed E-state index contributed by atoms with van der Waals surface area (Å²) in [6.07, 6.45) is -3.49. The van der Waals surface area contributed by atoms with Gasteiger partial charge in [0.2, 0.25) is 5.82 Å². The second kappa shape index (κ2) is 6.36. The second-order valence-corrected chi connectivity index (χ2v) is 4.99. The van der Waals surface area contributed by atoms with E-state index in [-0.39, 0.29) is 12.4 Å². The van der Waals surface area contributed by atoms with Crippen LogP contribution >= 0.6 is 0 Å². The maximum absolute atomic E-state index is 11.4. The first kappa shape index (κ1) is 16.3. The fourth-order valence-corrected chi connectivity index (χ4v) is 1.90. The van der Waals surface area contributed by atoms with Gasteiger partial charge in [0, 0.05) is 0 Å². The number of aliphatic hydroxyl groups is 2. The Morgan fingerprint density at radius 1 is 1.55 bits per heavy atom. The van der Waals surface area contributed by atoms with Gasteiger partial charge in [-0.2, -0.15) is 0 Å². The van der Waals surface area contributed by atoms with Crippen LogP contribution in [0.4, 0.5) is 0 Å². The van der Waals surface area contributed by atoms with Gasteiger partial charge < -0.3 is 31.2 Å². The molecule has 5 atom stereocenters. The van der Waals surface area contributed by atoms with Crippen LogP contribution in [0.1, 0.15) is 23.8 Å². The van der Waals surface area contributed by atoms with Crippen molar-refractivity contribution >= 4 is 11.9 Å². The molecule has 22 heavy (non-hydrogen) atoms. The van der Waals surface area contributed by atoms with Gasteiger partial charge in [0.15, 0.2) is 12.3 Å². The standard InChI is InChI=1S/C11H17N5O6/c1-4(12)11(20)21-2-5-6(17)7(18)10(22-5)16-3-14-9(15-16)8(13)19/h3-7,10,17-18H,2,12H2,1H3,(H2,13,19)/p+1/t4-,5?,6+,7?,10?/m0/s1. The molecule has 1 saturated heterocycles. The molecule has 1 fully saturated rings. The highest BCUT2D eigenvalue weighted by atomic mass is 16.6. The molecular weight excluding hydrogens is 298 g/mol. The van der Waals surface area contributed by atoms with Crippen LogP contribution in [-0.2, 0) is 14.3 Å². The van der Waals surface area contributed by atoms with Crippen molar-refractivity contribution in [3.8, 4) is 0 Å². The van der Waals surface area contributed by atoms with Crippen LogP contribution < -0.4 is 11.5 Å². The van der Waals surface area contributed by atoms with Gasteiger partial charge in [0.1, 0.15) is 31.2 Å². The molecule has 2 rings (SSSR count). The van der Waals surface area contributed by atoms with E-state index < -0.39 is 42.5 Å². The highest BCUT2D eigenvalue weighted by Gasteiger charge is 2.45. The maximum Gasteiger partial charge on any atom is 0.364 e. The van der Waals surface area contributed by atoms with Crippen molar-refractivity contribution in [3.63, 3.8) is 0 Å². The molecular formula is C11H18N5O6+. The van der Waals surface area contributed by atoms with E-state index in [1.165, 1.54) is 0 Å². The molecule has 7 N–H and O–H groups in total. The minimum atomic E-state index is -1.33. The molecule has 11 nitrogen and oxygen atoms in total. The van der Waals surface area contributed by atoms with E-state index in [0.717, 1.165) is 11.0 Å². The van der Waals surface area contributed by atoms with Crippen LogP contribution in [0.15, 0.2) is 6.33 Å². The van der Waals surface area contributed by atoms with Crippen LogP contribution in [0.25, 0.3) is 0 Å². The Hall–Kier alpha value is -2.08. The fourth-order valence-electron chi connectivity index (χ4n) is 1.90. The summed E-state index contributed by atoms with van der Waals surface area (Å²) in [5.41, 5.74) is 8.54. The molecule has 0 aliphatic carbocycles. The van der Waals surface area contributed by atoms with Crippen molar-refractivity contribution in [1.29, 1.82) is 0 Å². The molecule has 2 heterocycles. The maximum atomic E-state index is 11.4. The summed E-state index contributed by atoms with van der Waals surface area (Å²) in [5.74, 6) is -1.63. The summed E-state index contributed by atoms with van der Waals surface area (Å²) in [7, 11) is 0. The number of nitrogens with two attached hydrogens (primary N) is 1. The van der Waals surface area contributed by atoms with E-state index >= 15 is 0 Å². The number of quaternary nitrogens is 1. The van der Waals surface area contributed by atoms with Crippen molar-refractivity contribution in [1.82, 2.24) is 14.8 Å². The molecule has 11 heteroatoms. The topological polar surface area (TPSA) is 177 Å². The third kappa shape index (κ3) is 3.22. The summed E-state index contributed by atoms with van der Waals surface area (Å²) in [6.45, 7) is 1.32. The van der Waals surface area contributed by atoms with Crippen molar-refractivity contribution in [2.75, 3.05) is 6.61 Å². The molecule has 1 aromatic rings. The average molecular weight is 316 g/mol. The quantitative estimate of drug-likeness (QED) is 0.399. The number of aliphatic hydroxyl groups excluding tert-OH is 2. The fraction of sp³-hybridized carbons (Fsp3) is 0.636. The lowest BCUT2D eigenvalue weighted by molar-refractivity contribution is -0.403. The molecule has 1 aromatic heterocycles. The summed E-state index contributed by atoms with van der Waals surface area (Å²) >= 11 is 0. The largest absolute Gasteiger partial charge is 0.458 e. The molecule has 0 saturated carbocycles. The van der Waals surface area contributed by atoms with E-state index in [1.54, 1.807) is 6.92 Å². The zero-order chi connectivity index (χ0) is 16.4. The minimum absolute atomic E-state index is 0.244. The number of hydrogen-bond donors (Lipinski definition) is 4. The molecule has 1 amide bonds. The first-order valence-corrected chi connectivity index (χ1v) is 6.53. The van der Waals surface area contributed by atoms with Crippen LogP contribution in [0, 0.1) is 0 Å². The van der Waals surface area contributed by atoms with Gasteiger partial charge >= 0.3 is 5.97 Å². The van der Waals surface area contributed by atoms with E-state index in [2.05, 4.69) is 15.8 Å². The Morgan fingerprint density at radius 3 is 2.77 bits per heavy atom. The first-order valence-electron chi connectivity index (χ1n) is 6.53. The minimum Gasteiger partial charge on any atom is -0.458 e. The average Bonchev–Trinajstić information content (AvgIpc) is 3.04. The van der Waals surface area contributed by atoms with Gasteiger partial charge in [-0.05, 0) is 6.92 Å². The summed E-state index contributed by atoms with van der Waals surface area (Å²) in [4.78, 5) is 26.0. The third-order valence-corrected chi connectivity index (χ3v) is 3.12. The summed E-state index contributed by atoms with van der Waals surface area (Å²) < 4.78 is 11.4. The molecule has 3 unspecified atom stereocenters. The third-order valence-electron chi connectivity index (χ3n) is 3.12. The van der Waals surface area contributed by atoms with Gasteiger partial charge in [-0.3, -0.25) is 4.79 Å². The van der Waals surface area contributed by atoms with Gasteiger partial charge in [0.25, 0.3) is 5.91 Å². The van der Waals surface area contributed by atoms with Crippen LogP contribution in [0.2, 0.25) is 0 Å². The van der Waals surface area contributed by atoms with Gasteiger partial charge in [-0.1, -0.05) is 0 Å². The number of rotatable bonds is 5. The lowest BCUT2D eigenvalue weighted by Crippen LogP contribution is -2.63. The van der Waals surface area contributed by atoms with Gasteiger partial charge in [-0.25, -0.2) is 14.5 Å². The molecule has 0 spiro atoms. The highest BCUT2D eigenvalue weighted by molar-refractivity contribution is 5.88. The van der Waals surface area contributed by atoms with Gasteiger partial charge in [-0.15, -0.1) is 5.10 Å². The Labute approximate surface area is 124 Å². The molecule has 0 aromatic carbocycles. The number of carbonyl (C=O) groups is 2. The van der Waals surface area contributed by atoms with Crippen molar-refractivity contribution in [3.05, 3.63) is 12.2 Å². The number of ether oxygens (including phenoxy) is 2. The van der Waals surface area contributed by atoms with Crippen LogP contribution in [0.3, 0.4) is 0 Å². The number of primary amides is 1. The number of amides is 1. The lowest BCUT2D eigenvalue weighted by atomic mass is 10.1. The summed E-state index contributed by atoms with van der Waals surface area (Å²) in [6, 6.07) is -0.562. The SMILES string of the molecule is C[C@H]([NH3+])C(=O)OCC1OC(n2cnc(C(N)=O)n2)C(O)[C@@H]1O. The second-order valence-electron chi connectivity index (χ2n) is 4.99. The van der Waals surface area contributed by atoms with E-state index in [0.29, 0.717) is 0 Å². The number of esters is 1. The highest BCUT2D eigenvalue weighted by Crippen LogP contribution is 2.28. The van der Waals surface area contributed by atoms with Gasteiger partial charge in [0.05, 0.1) is 0 Å². The lowest BCUT2D eigenvalue weighted by Gasteiger charge is -2.14. The van der Waals surface area contributed by atoms with Crippen LogP contribution in [-0.4, -0.2) is 67.8 Å². The Morgan fingerprint density at radius 2 is 2.23 bits per heavy atom. The predicted octanol–water partition coefficient (Wildman–Crippen LogP) is -3.83. The molecule has 0 bridgehead atoms. The molecule has 0 radical (unpaired) electrons. The van der Waals surface area contributed by atoms with Crippen LogP contribution in [0.5, 0.6) is 0 Å². The number of aromatic nitrogens is 3. The van der Waals surface area contributed by atoms with Crippen molar-refractivity contribution in [2.24, 2.45) is 5.73 Å². The zero-order valence-corrected chi connectivity index (χ0v) is 11.8. The smallest absolute Gasteiger partial charge is 0.364 e. The Kier molecular flexibility index (Phi) is 4.71. The number of carbonyl (C=O) groups excluding carboxylic acids is 2. The zero-order valence-electron chi connectivity index (χ0n) is 11.8. The van der Waals surface area contributed by atoms with E-state index in [4.69, 9.17) is 15.2 Å². The number of nitrogens with zero attached hydrogens (tertiary/aromatic N) is 3. The molecule has 1 aliphatic rings. The molecule has 1 aliphatic heterocycles. The predicted molar refractivity (Wildman–Crippen MR) is 67.8 cm³/mol. The first-order chi connectivity index (χ1) is 10.3. The van der Waals surface area contributed by atoms with Crippen molar-refractivity contribution in [2.45, 2.75) is 37.5 Å². The van der Waals surface area contributed by atoms with Crippen molar-refractivity contribution < 1.29 is 35.0 Å². The molecule has 122 valence electrons. The monoisotopic (exact) mass is 316 g/mol.